The highest BCUT2D eigenvalue weighted by atomic mass is 19.4. The van der Waals surface area contributed by atoms with Crippen LogP contribution in [0.15, 0.2) is 12.4 Å². The third-order valence-electron chi connectivity index (χ3n) is 2.13. The van der Waals surface area contributed by atoms with E-state index in [4.69, 9.17) is 0 Å². The first-order chi connectivity index (χ1) is 5.79. The van der Waals surface area contributed by atoms with Crippen molar-refractivity contribution in [3.63, 3.8) is 0 Å². The van der Waals surface area contributed by atoms with Crippen molar-refractivity contribution in [2.24, 2.45) is 11.8 Å². The van der Waals surface area contributed by atoms with Gasteiger partial charge in [0.2, 0.25) is 0 Å². The zero-order valence-electron chi connectivity index (χ0n) is 7.79. The Bertz CT molecular complexity index is 171. The molecule has 13 heavy (non-hydrogen) atoms. The van der Waals surface area contributed by atoms with E-state index in [-0.39, 0.29) is 6.42 Å². The van der Waals surface area contributed by atoms with Gasteiger partial charge in [-0.1, -0.05) is 20.4 Å². The van der Waals surface area contributed by atoms with E-state index in [1.165, 1.54) is 0 Å². The van der Waals surface area contributed by atoms with E-state index in [0.717, 1.165) is 6.92 Å². The second kappa shape index (κ2) is 4.63. The second-order valence-corrected chi connectivity index (χ2v) is 3.23. The minimum absolute atomic E-state index is 0.213. The van der Waals surface area contributed by atoms with Crippen LogP contribution in [0.4, 0.5) is 17.6 Å². The normalized spacial score (nSPS) is 16.8. The molecule has 0 fully saturated rings. The Kier molecular flexibility index (Phi) is 4.44. The molecule has 0 aliphatic carbocycles. The summed E-state index contributed by atoms with van der Waals surface area (Å²) in [6.07, 6.45) is -4.09. The SMILES string of the molecule is C=C(F)[C@@H](CC)C[C@@H](C)C(F)(F)F. The summed E-state index contributed by atoms with van der Waals surface area (Å²) in [5.41, 5.74) is 0. The van der Waals surface area contributed by atoms with Gasteiger partial charge in [0, 0.05) is 5.92 Å². The average Bonchev–Trinajstić information content (AvgIpc) is 1.96. The summed E-state index contributed by atoms with van der Waals surface area (Å²) in [6, 6.07) is 0. The maximum Gasteiger partial charge on any atom is 0.391 e. The largest absolute Gasteiger partial charge is 0.391 e. The van der Waals surface area contributed by atoms with Gasteiger partial charge in [-0.3, -0.25) is 0 Å². The Morgan fingerprint density at radius 2 is 1.85 bits per heavy atom. The lowest BCUT2D eigenvalue weighted by atomic mass is 9.93. The van der Waals surface area contributed by atoms with Gasteiger partial charge in [-0.15, -0.1) is 0 Å². The predicted octanol–water partition coefficient (Wildman–Crippen LogP) is 4.08. The lowest BCUT2D eigenvalue weighted by molar-refractivity contribution is -0.173. The Balaban J connectivity index is 4.17. The van der Waals surface area contributed by atoms with Crippen LogP contribution in [0.2, 0.25) is 0 Å². The maximum atomic E-state index is 12.6. The van der Waals surface area contributed by atoms with Gasteiger partial charge in [0.15, 0.2) is 0 Å². The molecule has 0 unspecified atom stereocenters. The van der Waals surface area contributed by atoms with Crippen LogP contribution in [-0.2, 0) is 0 Å². The van der Waals surface area contributed by atoms with Crippen molar-refractivity contribution in [1.82, 2.24) is 0 Å². The van der Waals surface area contributed by atoms with Gasteiger partial charge in [-0.25, -0.2) is 4.39 Å². The van der Waals surface area contributed by atoms with Crippen LogP contribution in [0.1, 0.15) is 26.7 Å². The first-order valence-electron chi connectivity index (χ1n) is 4.20. The number of halogens is 4. The molecule has 0 saturated heterocycles. The van der Waals surface area contributed by atoms with Gasteiger partial charge < -0.3 is 0 Å². The summed E-state index contributed by atoms with van der Waals surface area (Å²) in [4.78, 5) is 0. The van der Waals surface area contributed by atoms with Crippen molar-refractivity contribution in [2.75, 3.05) is 0 Å². The quantitative estimate of drug-likeness (QED) is 0.597. The fourth-order valence-electron chi connectivity index (χ4n) is 1.08. The minimum atomic E-state index is -4.23. The molecule has 0 spiro atoms. The zero-order chi connectivity index (χ0) is 10.6. The van der Waals surface area contributed by atoms with Crippen LogP contribution < -0.4 is 0 Å². The highest BCUT2D eigenvalue weighted by Gasteiger charge is 2.37. The molecule has 0 aliphatic heterocycles. The van der Waals surface area contributed by atoms with E-state index >= 15 is 0 Å². The summed E-state index contributed by atoms with van der Waals surface area (Å²) >= 11 is 0. The molecule has 0 nitrogen and oxygen atoms in total. The van der Waals surface area contributed by atoms with Crippen LogP contribution in [0.5, 0.6) is 0 Å². The van der Waals surface area contributed by atoms with Gasteiger partial charge in [0.05, 0.1) is 11.7 Å². The van der Waals surface area contributed by atoms with E-state index in [1.54, 1.807) is 6.92 Å². The number of hydrogen-bond acceptors (Lipinski definition) is 0. The Hall–Kier alpha value is -0.540. The molecular weight excluding hydrogens is 184 g/mol. The number of allylic oxidation sites excluding steroid dienone is 1. The lowest BCUT2D eigenvalue weighted by Gasteiger charge is -2.20. The lowest BCUT2D eigenvalue weighted by Crippen LogP contribution is -2.22. The van der Waals surface area contributed by atoms with Crippen LogP contribution in [0, 0.1) is 11.8 Å². The maximum absolute atomic E-state index is 12.6. The number of alkyl halides is 3. The van der Waals surface area contributed by atoms with E-state index in [9.17, 15) is 17.6 Å². The molecule has 0 N–H and O–H groups in total. The van der Waals surface area contributed by atoms with Gasteiger partial charge in [0.1, 0.15) is 0 Å². The molecule has 0 amide bonds. The van der Waals surface area contributed by atoms with E-state index in [0.29, 0.717) is 6.42 Å². The van der Waals surface area contributed by atoms with Crippen molar-refractivity contribution < 1.29 is 17.6 Å². The molecule has 0 bridgehead atoms. The van der Waals surface area contributed by atoms with Gasteiger partial charge >= 0.3 is 6.18 Å². The van der Waals surface area contributed by atoms with Gasteiger partial charge in [-0.05, 0) is 12.8 Å². The number of rotatable bonds is 4. The highest BCUT2D eigenvalue weighted by Crippen LogP contribution is 2.33. The van der Waals surface area contributed by atoms with Gasteiger partial charge in [-0.2, -0.15) is 13.2 Å². The molecule has 78 valence electrons. The van der Waals surface area contributed by atoms with Crippen LogP contribution in [0.3, 0.4) is 0 Å². The van der Waals surface area contributed by atoms with Crippen molar-refractivity contribution in [3.8, 4) is 0 Å². The molecule has 0 saturated carbocycles. The Morgan fingerprint density at radius 3 is 2.08 bits per heavy atom. The fraction of sp³-hybridized carbons (Fsp3) is 0.778. The van der Waals surface area contributed by atoms with Crippen molar-refractivity contribution in [1.29, 1.82) is 0 Å². The molecule has 0 aromatic rings. The third kappa shape index (κ3) is 4.29. The summed E-state index contributed by atoms with van der Waals surface area (Å²) in [5.74, 6) is -2.79. The summed E-state index contributed by atoms with van der Waals surface area (Å²) in [5, 5.41) is 0. The molecule has 0 aromatic carbocycles. The third-order valence-corrected chi connectivity index (χ3v) is 2.13. The molecule has 0 heterocycles. The minimum Gasteiger partial charge on any atom is -0.212 e. The van der Waals surface area contributed by atoms with Crippen LogP contribution >= 0.6 is 0 Å². The number of hydrogen-bond donors (Lipinski definition) is 0. The average molecular weight is 198 g/mol. The molecular formula is C9H14F4. The van der Waals surface area contributed by atoms with Crippen molar-refractivity contribution in [2.45, 2.75) is 32.9 Å². The molecule has 0 rings (SSSR count). The smallest absolute Gasteiger partial charge is 0.212 e. The monoisotopic (exact) mass is 198 g/mol. The van der Waals surface area contributed by atoms with Crippen molar-refractivity contribution in [3.05, 3.63) is 12.4 Å². The Labute approximate surface area is 75.6 Å². The van der Waals surface area contributed by atoms with Gasteiger partial charge in [0.25, 0.3) is 0 Å². The van der Waals surface area contributed by atoms with Crippen LogP contribution in [-0.4, -0.2) is 6.18 Å². The molecule has 0 aromatic heterocycles. The van der Waals surface area contributed by atoms with E-state index < -0.39 is 23.8 Å². The molecule has 0 aliphatic rings. The molecule has 0 radical (unpaired) electrons. The molecule has 2 atom stereocenters. The fourth-order valence-corrected chi connectivity index (χ4v) is 1.08. The first kappa shape index (κ1) is 12.5. The summed E-state index contributed by atoms with van der Waals surface area (Å²) in [7, 11) is 0. The van der Waals surface area contributed by atoms with E-state index in [1.807, 2.05) is 0 Å². The summed E-state index contributed by atoms with van der Waals surface area (Å²) in [6.45, 7) is 5.74. The molecule has 4 heteroatoms. The van der Waals surface area contributed by atoms with Crippen LogP contribution in [0.25, 0.3) is 0 Å². The predicted molar refractivity (Wildman–Crippen MR) is 43.9 cm³/mol. The van der Waals surface area contributed by atoms with E-state index in [2.05, 4.69) is 6.58 Å². The first-order valence-corrected chi connectivity index (χ1v) is 4.20. The highest BCUT2D eigenvalue weighted by molar-refractivity contribution is 4.90. The zero-order valence-corrected chi connectivity index (χ0v) is 7.79. The summed E-state index contributed by atoms with van der Waals surface area (Å²) < 4.78 is 48.7. The standard InChI is InChI=1S/C9H14F4/c1-4-8(7(3)10)5-6(2)9(11,12)13/h6,8H,3-5H2,1-2H3/t6-,8+/m1/s1. The topological polar surface area (TPSA) is 0 Å². The Morgan fingerprint density at radius 1 is 1.38 bits per heavy atom. The second-order valence-electron chi connectivity index (χ2n) is 3.23. The van der Waals surface area contributed by atoms with Crippen molar-refractivity contribution >= 4 is 0 Å².